The highest BCUT2D eigenvalue weighted by molar-refractivity contribution is 7.92. The Bertz CT molecular complexity index is 703. The highest BCUT2D eigenvalue weighted by atomic mass is 32.2. The van der Waals surface area contributed by atoms with Gasteiger partial charge in [0.1, 0.15) is 0 Å². The van der Waals surface area contributed by atoms with Gasteiger partial charge in [-0.1, -0.05) is 26.0 Å². The summed E-state index contributed by atoms with van der Waals surface area (Å²) in [7, 11) is -3.34. The first-order chi connectivity index (χ1) is 11.6. The smallest absolute Gasteiger partial charge is 0.305 e. The van der Waals surface area contributed by atoms with Crippen LogP contribution in [0.3, 0.4) is 0 Å². The van der Waals surface area contributed by atoms with Crippen LogP contribution in [0.5, 0.6) is 0 Å². The summed E-state index contributed by atoms with van der Waals surface area (Å²) in [5, 5.41) is 11.4. The van der Waals surface area contributed by atoms with Crippen LogP contribution in [-0.4, -0.2) is 36.2 Å². The first-order valence-corrected chi connectivity index (χ1v) is 9.96. The molecule has 0 unspecified atom stereocenters. The van der Waals surface area contributed by atoms with Gasteiger partial charge in [0.15, 0.2) is 9.84 Å². The van der Waals surface area contributed by atoms with Crippen molar-refractivity contribution >= 4 is 21.7 Å². The molecular formula is C18H27NO5S. The third-order valence-corrected chi connectivity index (χ3v) is 6.66. The van der Waals surface area contributed by atoms with E-state index in [1.54, 1.807) is 26.0 Å². The van der Waals surface area contributed by atoms with Crippen LogP contribution >= 0.6 is 0 Å². The average Bonchev–Trinajstić information content (AvgIpc) is 2.54. The molecule has 0 spiro atoms. The fourth-order valence-electron chi connectivity index (χ4n) is 2.60. The SMILES string of the molecule is CCC(CC)(CC(=O)O)NC(=O)Cc1ccc(S(=O)(=O)C(C)C)cc1. The van der Waals surface area contributed by atoms with Gasteiger partial charge in [0.05, 0.1) is 23.0 Å². The molecule has 0 heterocycles. The van der Waals surface area contributed by atoms with Crippen molar-refractivity contribution in [3.63, 3.8) is 0 Å². The highest BCUT2D eigenvalue weighted by Crippen LogP contribution is 2.21. The van der Waals surface area contributed by atoms with Gasteiger partial charge < -0.3 is 10.4 Å². The molecule has 0 saturated carbocycles. The molecular weight excluding hydrogens is 342 g/mol. The summed E-state index contributed by atoms with van der Waals surface area (Å²) in [6.07, 6.45) is 0.987. The summed E-state index contributed by atoms with van der Waals surface area (Å²) in [6.45, 7) is 6.93. The van der Waals surface area contributed by atoms with E-state index < -0.39 is 26.6 Å². The first-order valence-electron chi connectivity index (χ1n) is 8.42. The second-order valence-electron chi connectivity index (χ2n) is 6.52. The molecule has 1 amide bonds. The van der Waals surface area contributed by atoms with E-state index in [1.165, 1.54) is 12.1 Å². The molecule has 1 aromatic carbocycles. The molecule has 0 aliphatic rings. The number of rotatable bonds is 9. The predicted octanol–water partition coefficient (Wildman–Crippen LogP) is 2.56. The number of carbonyl (C=O) groups is 2. The van der Waals surface area contributed by atoms with Gasteiger partial charge >= 0.3 is 5.97 Å². The maximum atomic E-state index is 12.3. The summed E-state index contributed by atoms with van der Waals surface area (Å²) in [5.41, 5.74) is -0.0826. The van der Waals surface area contributed by atoms with Gasteiger partial charge in [-0.3, -0.25) is 9.59 Å². The first kappa shape index (κ1) is 21.2. The van der Waals surface area contributed by atoms with E-state index in [0.717, 1.165) is 0 Å². The maximum absolute atomic E-state index is 12.3. The van der Waals surface area contributed by atoms with Crippen LogP contribution in [0.25, 0.3) is 0 Å². The van der Waals surface area contributed by atoms with Crippen molar-refractivity contribution in [3.05, 3.63) is 29.8 Å². The number of hydrogen-bond donors (Lipinski definition) is 2. The van der Waals surface area contributed by atoms with Crippen LogP contribution in [0, 0.1) is 0 Å². The van der Waals surface area contributed by atoms with Crippen LogP contribution < -0.4 is 5.32 Å². The predicted molar refractivity (Wildman–Crippen MR) is 96.2 cm³/mol. The van der Waals surface area contributed by atoms with E-state index in [2.05, 4.69) is 5.32 Å². The molecule has 0 bridgehead atoms. The number of amides is 1. The number of benzene rings is 1. The van der Waals surface area contributed by atoms with Gasteiger partial charge in [0.2, 0.25) is 5.91 Å². The molecule has 25 heavy (non-hydrogen) atoms. The number of nitrogens with one attached hydrogen (secondary N) is 1. The van der Waals surface area contributed by atoms with Gasteiger partial charge in [0.25, 0.3) is 0 Å². The van der Waals surface area contributed by atoms with Crippen molar-refractivity contribution in [1.29, 1.82) is 0 Å². The minimum atomic E-state index is -3.34. The minimum absolute atomic E-state index is 0.0728. The summed E-state index contributed by atoms with van der Waals surface area (Å²) in [5.74, 6) is -1.23. The van der Waals surface area contributed by atoms with Crippen molar-refractivity contribution in [3.8, 4) is 0 Å². The van der Waals surface area contributed by atoms with Crippen molar-refractivity contribution in [1.82, 2.24) is 5.32 Å². The lowest BCUT2D eigenvalue weighted by Gasteiger charge is -2.31. The summed E-state index contributed by atoms with van der Waals surface area (Å²) >= 11 is 0. The fourth-order valence-corrected chi connectivity index (χ4v) is 3.66. The van der Waals surface area contributed by atoms with Crippen molar-refractivity contribution in [2.45, 2.75) is 69.1 Å². The van der Waals surface area contributed by atoms with Gasteiger partial charge in [-0.15, -0.1) is 0 Å². The Kier molecular flexibility index (Phi) is 7.17. The van der Waals surface area contributed by atoms with Crippen LogP contribution in [-0.2, 0) is 25.8 Å². The zero-order valence-corrected chi connectivity index (χ0v) is 16.0. The molecule has 0 aliphatic heterocycles. The zero-order valence-electron chi connectivity index (χ0n) is 15.2. The quantitative estimate of drug-likeness (QED) is 0.697. The van der Waals surface area contributed by atoms with Crippen LogP contribution in [0.4, 0.5) is 0 Å². The van der Waals surface area contributed by atoms with E-state index in [9.17, 15) is 18.0 Å². The Morgan fingerprint density at radius 2 is 1.64 bits per heavy atom. The standard InChI is InChI=1S/C18H27NO5S/c1-5-18(6-2,12-17(21)22)19-16(20)11-14-7-9-15(10-8-14)25(23,24)13(3)4/h7-10,13H,5-6,11-12H2,1-4H3,(H,19,20)(H,21,22). The van der Waals surface area contributed by atoms with Crippen LogP contribution in [0.1, 0.15) is 52.5 Å². The normalized spacial score (nSPS) is 12.2. The lowest BCUT2D eigenvalue weighted by Crippen LogP contribution is -2.49. The summed E-state index contributed by atoms with van der Waals surface area (Å²) in [4.78, 5) is 23.6. The topological polar surface area (TPSA) is 101 Å². The van der Waals surface area contributed by atoms with Crippen molar-refractivity contribution in [2.24, 2.45) is 0 Å². The number of carbonyl (C=O) groups excluding carboxylic acids is 1. The maximum Gasteiger partial charge on any atom is 0.305 e. The zero-order chi connectivity index (χ0) is 19.3. The lowest BCUT2D eigenvalue weighted by atomic mass is 9.88. The summed E-state index contributed by atoms with van der Waals surface area (Å²) < 4.78 is 24.2. The molecule has 1 aromatic rings. The molecule has 0 fully saturated rings. The van der Waals surface area contributed by atoms with Crippen molar-refractivity contribution < 1.29 is 23.1 Å². The second-order valence-corrected chi connectivity index (χ2v) is 9.02. The second kappa shape index (κ2) is 8.47. The largest absolute Gasteiger partial charge is 0.481 e. The molecule has 2 N–H and O–H groups in total. The molecule has 0 radical (unpaired) electrons. The summed E-state index contributed by atoms with van der Waals surface area (Å²) in [6, 6.07) is 6.24. The van der Waals surface area contributed by atoms with E-state index in [1.807, 2.05) is 13.8 Å². The lowest BCUT2D eigenvalue weighted by molar-refractivity contribution is -0.139. The fraction of sp³-hybridized carbons (Fsp3) is 0.556. The highest BCUT2D eigenvalue weighted by Gasteiger charge is 2.30. The number of sulfone groups is 1. The Labute approximate surface area is 149 Å². The van der Waals surface area contributed by atoms with Gasteiger partial charge in [-0.25, -0.2) is 8.42 Å². The molecule has 0 aromatic heterocycles. The van der Waals surface area contributed by atoms with E-state index in [-0.39, 0.29) is 23.6 Å². The number of carboxylic acid groups (broad SMARTS) is 1. The van der Waals surface area contributed by atoms with Crippen molar-refractivity contribution in [2.75, 3.05) is 0 Å². The number of carboxylic acids is 1. The molecule has 7 heteroatoms. The van der Waals surface area contributed by atoms with Gasteiger partial charge in [-0.05, 0) is 44.4 Å². The molecule has 0 atom stereocenters. The third-order valence-electron chi connectivity index (χ3n) is 4.48. The molecule has 6 nitrogen and oxygen atoms in total. The minimum Gasteiger partial charge on any atom is -0.481 e. The Morgan fingerprint density at radius 3 is 2.04 bits per heavy atom. The van der Waals surface area contributed by atoms with Gasteiger partial charge in [0, 0.05) is 5.54 Å². The number of aliphatic carboxylic acids is 1. The Balaban J connectivity index is 2.85. The average molecular weight is 369 g/mol. The van der Waals surface area contributed by atoms with Crippen LogP contribution in [0.2, 0.25) is 0 Å². The van der Waals surface area contributed by atoms with Gasteiger partial charge in [-0.2, -0.15) is 0 Å². The van der Waals surface area contributed by atoms with E-state index in [0.29, 0.717) is 18.4 Å². The van der Waals surface area contributed by atoms with E-state index >= 15 is 0 Å². The Morgan fingerprint density at radius 1 is 1.12 bits per heavy atom. The third kappa shape index (κ3) is 5.56. The van der Waals surface area contributed by atoms with E-state index in [4.69, 9.17) is 5.11 Å². The monoisotopic (exact) mass is 369 g/mol. The number of hydrogen-bond acceptors (Lipinski definition) is 4. The molecule has 140 valence electrons. The molecule has 1 rings (SSSR count). The molecule has 0 saturated heterocycles. The van der Waals surface area contributed by atoms with Crippen LogP contribution in [0.15, 0.2) is 29.2 Å². The molecule has 0 aliphatic carbocycles. The Hall–Kier alpha value is -1.89.